The number of nitrogens with zero attached hydrogens (tertiary/aromatic N) is 5. The van der Waals surface area contributed by atoms with Crippen LogP contribution in [-0.2, 0) is 4.79 Å². The van der Waals surface area contributed by atoms with E-state index in [4.69, 9.17) is 0 Å². The Hall–Kier alpha value is -2.44. The summed E-state index contributed by atoms with van der Waals surface area (Å²) in [4.78, 5) is 39.0. The molecule has 2 amide bonds. The molecule has 7 nitrogen and oxygen atoms in total. The normalized spacial score (nSPS) is 25.7. The topological polar surface area (TPSA) is 70.8 Å². The largest absolute Gasteiger partial charge is 0.342 e. The van der Waals surface area contributed by atoms with Crippen molar-refractivity contribution in [1.82, 2.24) is 24.2 Å². The molecule has 1 spiro atoms. The van der Waals surface area contributed by atoms with E-state index in [1.54, 1.807) is 16.7 Å². The summed E-state index contributed by atoms with van der Waals surface area (Å²) in [7, 11) is 0. The third-order valence-corrected chi connectivity index (χ3v) is 6.42. The summed E-state index contributed by atoms with van der Waals surface area (Å²) in [6.45, 7) is 4.79. The van der Waals surface area contributed by atoms with Gasteiger partial charge in [0.05, 0.1) is 11.1 Å². The van der Waals surface area contributed by atoms with E-state index in [9.17, 15) is 9.59 Å². The Bertz CT molecular complexity index is 918. The van der Waals surface area contributed by atoms with Crippen LogP contribution in [0.5, 0.6) is 0 Å². The average molecular weight is 367 g/mol. The third kappa shape index (κ3) is 2.71. The average Bonchev–Trinajstić information content (AvgIpc) is 3.27. The quantitative estimate of drug-likeness (QED) is 0.831. The van der Waals surface area contributed by atoms with Gasteiger partial charge in [0.1, 0.15) is 5.69 Å². The number of likely N-dealkylation sites (tertiary alicyclic amines) is 2. The zero-order valence-electron chi connectivity index (χ0n) is 15.7. The Morgan fingerprint density at radius 1 is 1.30 bits per heavy atom. The maximum absolute atomic E-state index is 13.3. The van der Waals surface area contributed by atoms with Crippen molar-refractivity contribution in [3.63, 3.8) is 0 Å². The highest BCUT2D eigenvalue weighted by molar-refractivity contribution is 5.95. The molecule has 3 fully saturated rings. The van der Waals surface area contributed by atoms with Crippen LogP contribution in [0.15, 0.2) is 18.5 Å². The number of aryl methyl sites for hydroxylation is 1. The highest BCUT2D eigenvalue weighted by Gasteiger charge is 2.50. The molecule has 2 aliphatic heterocycles. The minimum absolute atomic E-state index is 0.0445. The van der Waals surface area contributed by atoms with Gasteiger partial charge < -0.3 is 9.80 Å². The van der Waals surface area contributed by atoms with Gasteiger partial charge in [-0.1, -0.05) is 0 Å². The van der Waals surface area contributed by atoms with Crippen molar-refractivity contribution in [3.05, 3.63) is 29.8 Å². The minimum Gasteiger partial charge on any atom is -0.342 e. The van der Waals surface area contributed by atoms with E-state index in [1.165, 1.54) is 12.8 Å². The molecule has 27 heavy (non-hydrogen) atoms. The fourth-order valence-electron chi connectivity index (χ4n) is 4.77. The summed E-state index contributed by atoms with van der Waals surface area (Å²) in [5.74, 6) is 1.47. The van der Waals surface area contributed by atoms with Crippen molar-refractivity contribution in [1.29, 1.82) is 0 Å². The maximum atomic E-state index is 13.3. The monoisotopic (exact) mass is 367 g/mol. The Labute approximate surface area is 158 Å². The number of amides is 2. The van der Waals surface area contributed by atoms with Crippen LogP contribution in [0.1, 0.15) is 48.3 Å². The number of rotatable bonds is 3. The third-order valence-electron chi connectivity index (χ3n) is 6.42. The number of aromatic nitrogens is 3. The van der Waals surface area contributed by atoms with Crippen LogP contribution in [0.25, 0.3) is 5.78 Å². The van der Waals surface area contributed by atoms with E-state index < -0.39 is 0 Å². The van der Waals surface area contributed by atoms with Crippen molar-refractivity contribution in [3.8, 4) is 0 Å². The second-order valence-electron chi connectivity index (χ2n) is 8.39. The van der Waals surface area contributed by atoms with Gasteiger partial charge in [-0.2, -0.15) is 0 Å². The Kier molecular flexibility index (Phi) is 3.74. The number of carbonyl (C=O) groups excluding carboxylic acids is 2. The molecule has 142 valence electrons. The molecule has 1 saturated carbocycles. The fraction of sp³-hybridized carbons (Fsp3) is 0.600. The van der Waals surface area contributed by atoms with Gasteiger partial charge in [-0.05, 0) is 51.0 Å². The Balaban J connectivity index is 1.39. The van der Waals surface area contributed by atoms with Crippen molar-refractivity contribution in [2.24, 2.45) is 11.3 Å². The molecule has 0 bridgehead atoms. The van der Waals surface area contributed by atoms with Crippen LogP contribution < -0.4 is 0 Å². The van der Waals surface area contributed by atoms with Gasteiger partial charge in [-0.25, -0.2) is 9.97 Å². The lowest BCUT2D eigenvalue weighted by Gasteiger charge is -2.39. The summed E-state index contributed by atoms with van der Waals surface area (Å²) in [5, 5.41) is 0. The fourth-order valence-corrected chi connectivity index (χ4v) is 4.77. The zero-order chi connectivity index (χ0) is 18.6. The summed E-state index contributed by atoms with van der Waals surface area (Å²) >= 11 is 0. The first-order chi connectivity index (χ1) is 13.1. The first kappa shape index (κ1) is 16.7. The molecular weight excluding hydrogens is 342 g/mol. The van der Waals surface area contributed by atoms with Crippen molar-refractivity contribution >= 4 is 17.6 Å². The number of fused-ring (bicyclic) bond motifs is 1. The van der Waals surface area contributed by atoms with E-state index in [2.05, 4.69) is 14.9 Å². The molecular formula is C20H25N5O2. The Morgan fingerprint density at radius 3 is 2.96 bits per heavy atom. The molecule has 0 aromatic carbocycles. The van der Waals surface area contributed by atoms with E-state index >= 15 is 0 Å². The van der Waals surface area contributed by atoms with Crippen LogP contribution >= 0.6 is 0 Å². The molecule has 2 aromatic rings. The van der Waals surface area contributed by atoms with Crippen LogP contribution in [0.3, 0.4) is 0 Å². The van der Waals surface area contributed by atoms with Gasteiger partial charge in [-0.15, -0.1) is 0 Å². The van der Waals surface area contributed by atoms with Gasteiger partial charge >= 0.3 is 0 Å². The van der Waals surface area contributed by atoms with Crippen molar-refractivity contribution in [2.75, 3.05) is 26.2 Å². The lowest BCUT2D eigenvalue weighted by atomic mass is 9.78. The van der Waals surface area contributed by atoms with Gasteiger partial charge in [0, 0.05) is 38.6 Å². The molecule has 1 atom stereocenters. The van der Waals surface area contributed by atoms with Crippen molar-refractivity contribution < 1.29 is 9.59 Å². The minimum atomic E-state index is -0.380. The maximum Gasteiger partial charge on any atom is 0.272 e. The molecule has 3 aliphatic rings. The second kappa shape index (κ2) is 6.04. The number of piperidine rings is 1. The van der Waals surface area contributed by atoms with E-state index in [0.717, 1.165) is 32.4 Å². The zero-order valence-corrected chi connectivity index (χ0v) is 15.7. The lowest BCUT2D eigenvalue weighted by Crippen LogP contribution is -2.51. The van der Waals surface area contributed by atoms with Crippen LogP contribution in [0, 0.1) is 18.3 Å². The predicted molar refractivity (Wildman–Crippen MR) is 99.2 cm³/mol. The molecule has 1 aliphatic carbocycles. The summed E-state index contributed by atoms with van der Waals surface area (Å²) in [5.41, 5.74) is 0.869. The predicted octanol–water partition coefficient (Wildman–Crippen LogP) is 1.90. The highest BCUT2D eigenvalue weighted by atomic mass is 16.2. The molecule has 0 N–H and O–H groups in total. The number of carbonyl (C=O) groups is 2. The molecule has 4 heterocycles. The molecule has 2 aromatic heterocycles. The van der Waals surface area contributed by atoms with Crippen LogP contribution in [0.2, 0.25) is 0 Å². The summed E-state index contributed by atoms with van der Waals surface area (Å²) < 4.78 is 1.75. The number of hydrogen-bond acceptors (Lipinski definition) is 4. The highest BCUT2D eigenvalue weighted by Crippen LogP contribution is 2.42. The smallest absolute Gasteiger partial charge is 0.272 e. The van der Waals surface area contributed by atoms with E-state index in [-0.39, 0.29) is 17.2 Å². The summed E-state index contributed by atoms with van der Waals surface area (Å²) in [6, 6.07) is 1.80. The molecule has 0 unspecified atom stereocenters. The standard InChI is InChI=1S/C20H25N5O2/c1-14-16(25-10-3-8-21-19(25)22-14)17(26)24-11-7-20(13-24)6-2-9-23(18(20)27)12-15-4-5-15/h3,8,10,15H,2,4-7,9,11-13H2,1H3/t20-/m1/s1. The molecule has 0 radical (unpaired) electrons. The SMILES string of the molecule is Cc1nc2ncccn2c1C(=O)N1CC[C@]2(CCCN(CC3CC3)C2=O)C1. The van der Waals surface area contributed by atoms with E-state index in [1.807, 2.05) is 18.0 Å². The summed E-state index contributed by atoms with van der Waals surface area (Å²) in [6.07, 6.45) is 8.71. The molecule has 7 heteroatoms. The molecule has 2 saturated heterocycles. The lowest BCUT2D eigenvalue weighted by molar-refractivity contribution is -0.145. The first-order valence-corrected chi connectivity index (χ1v) is 9.96. The number of hydrogen-bond donors (Lipinski definition) is 0. The van der Waals surface area contributed by atoms with Gasteiger partial charge in [0.25, 0.3) is 5.91 Å². The van der Waals surface area contributed by atoms with E-state index in [0.29, 0.717) is 36.2 Å². The number of imidazole rings is 1. The van der Waals surface area contributed by atoms with Gasteiger partial charge in [0.2, 0.25) is 11.7 Å². The molecule has 5 rings (SSSR count). The van der Waals surface area contributed by atoms with Gasteiger partial charge in [0.15, 0.2) is 0 Å². The van der Waals surface area contributed by atoms with Crippen LogP contribution in [0.4, 0.5) is 0 Å². The van der Waals surface area contributed by atoms with Crippen LogP contribution in [-0.4, -0.2) is 62.2 Å². The second-order valence-corrected chi connectivity index (χ2v) is 8.39. The van der Waals surface area contributed by atoms with Crippen molar-refractivity contribution in [2.45, 2.75) is 39.0 Å². The first-order valence-electron chi connectivity index (χ1n) is 9.96. The Morgan fingerprint density at radius 2 is 2.15 bits per heavy atom. The van der Waals surface area contributed by atoms with Gasteiger partial charge in [-0.3, -0.25) is 14.0 Å².